The summed E-state index contributed by atoms with van der Waals surface area (Å²) in [7, 11) is 0. The van der Waals surface area contributed by atoms with E-state index in [-0.39, 0.29) is 12.6 Å². The first-order chi connectivity index (χ1) is 13.6. The third-order valence-electron chi connectivity index (χ3n) is 4.92. The maximum absolute atomic E-state index is 10.3. The quantitative estimate of drug-likeness (QED) is 0.483. The molecule has 0 saturated carbocycles. The van der Waals surface area contributed by atoms with Crippen molar-refractivity contribution in [3.63, 3.8) is 0 Å². The predicted molar refractivity (Wildman–Crippen MR) is 102 cm³/mol. The monoisotopic (exact) mass is 385 g/mol. The van der Waals surface area contributed by atoms with E-state index in [1.165, 1.54) is 18.2 Å². The van der Waals surface area contributed by atoms with E-state index in [4.69, 9.17) is 4.74 Å². The molecule has 0 unspecified atom stereocenters. The summed E-state index contributed by atoms with van der Waals surface area (Å²) >= 11 is 0. The van der Waals surface area contributed by atoms with Crippen LogP contribution in [0, 0.1) is 0 Å². The Hall–Kier alpha value is -2.59. The minimum atomic E-state index is -1.20. The van der Waals surface area contributed by atoms with Crippen molar-refractivity contribution in [2.24, 2.45) is 0 Å². The lowest BCUT2D eigenvalue weighted by molar-refractivity contribution is -0.0511. The number of ether oxygens (including phenoxy) is 1. The van der Waals surface area contributed by atoms with Crippen molar-refractivity contribution in [3.8, 4) is 0 Å². The van der Waals surface area contributed by atoms with Crippen molar-refractivity contribution in [1.29, 1.82) is 0 Å². The van der Waals surface area contributed by atoms with E-state index < -0.39 is 24.5 Å². The third kappa shape index (κ3) is 3.45. The molecule has 1 fully saturated rings. The molecular formula is C19H23N5O4. The molecule has 28 heavy (non-hydrogen) atoms. The number of anilines is 1. The third-order valence-corrected chi connectivity index (χ3v) is 4.92. The molecule has 0 aliphatic carbocycles. The van der Waals surface area contributed by atoms with E-state index in [1.807, 2.05) is 18.2 Å². The topological polar surface area (TPSA) is 126 Å². The van der Waals surface area contributed by atoms with Gasteiger partial charge in [0.1, 0.15) is 24.6 Å². The average Bonchev–Trinajstić information content (AvgIpc) is 3.25. The molecule has 0 bridgehead atoms. The van der Waals surface area contributed by atoms with Gasteiger partial charge >= 0.3 is 0 Å². The van der Waals surface area contributed by atoms with Crippen LogP contribution in [0.1, 0.15) is 18.7 Å². The van der Waals surface area contributed by atoms with Crippen LogP contribution in [0.4, 0.5) is 5.82 Å². The Morgan fingerprint density at radius 2 is 1.93 bits per heavy atom. The summed E-state index contributed by atoms with van der Waals surface area (Å²) in [5, 5.41) is 32.9. The molecule has 0 spiro atoms. The molecule has 0 amide bonds. The Morgan fingerprint density at radius 3 is 2.64 bits per heavy atom. The maximum Gasteiger partial charge on any atom is 0.167 e. The molecule has 4 N–H and O–H groups in total. The molecule has 3 heterocycles. The van der Waals surface area contributed by atoms with Gasteiger partial charge in [-0.05, 0) is 18.9 Å². The molecule has 148 valence electrons. The van der Waals surface area contributed by atoms with Gasteiger partial charge in [-0.15, -0.1) is 0 Å². The second kappa shape index (κ2) is 7.80. The van der Waals surface area contributed by atoms with Gasteiger partial charge in [-0.25, -0.2) is 15.0 Å². The molecule has 1 saturated heterocycles. The predicted octanol–water partition coefficient (Wildman–Crippen LogP) is 0.481. The largest absolute Gasteiger partial charge is 0.394 e. The molecule has 9 heteroatoms. The second-order valence-corrected chi connectivity index (χ2v) is 7.01. The molecule has 4 rings (SSSR count). The van der Waals surface area contributed by atoms with Gasteiger partial charge < -0.3 is 25.4 Å². The number of hydrogen-bond donors (Lipinski definition) is 4. The first-order valence-electron chi connectivity index (χ1n) is 9.19. The number of nitrogens with zero attached hydrogens (tertiary/aromatic N) is 4. The van der Waals surface area contributed by atoms with Crippen LogP contribution in [0.3, 0.4) is 0 Å². The Labute approximate surface area is 161 Å². The highest BCUT2D eigenvalue weighted by atomic mass is 16.6. The summed E-state index contributed by atoms with van der Waals surface area (Å²) in [6.07, 6.45) is -0.395. The van der Waals surface area contributed by atoms with Crippen LogP contribution < -0.4 is 5.32 Å². The summed E-state index contributed by atoms with van der Waals surface area (Å²) in [5.74, 6) is 0.582. The van der Waals surface area contributed by atoms with Crippen LogP contribution in [0.2, 0.25) is 0 Å². The van der Waals surface area contributed by atoms with Gasteiger partial charge in [-0.1, -0.05) is 30.3 Å². The fourth-order valence-corrected chi connectivity index (χ4v) is 3.51. The van der Waals surface area contributed by atoms with Gasteiger partial charge in [-0.2, -0.15) is 0 Å². The standard InChI is InChI=1S/C19H23N5O4/c1-11(7-12-5-3-2-4-6-12)23-17-14-18(21-9-20-17)24(10-22-14)19-16(27)15(26)13(8-25)28-19/h2-6,9-11,13,15-16,19,25-27H,7-8H2,1H3,(H,20,21,23)/t11-,13-,15+,16+,19-/m0/s1. The van der Waals surface area contributed by atoms with E-state index in [9.17, 15) is 15.3 Å². The zero-order valence-electron chi connectivity index (χ0n) is 15.4. The smallest absolute Gasteiger partial charge is 0.167 e. The molecule has 3 aromatic rings. The number of hydrogen-bond acceptors (Lipinski definition) is 8. The van der Waals surface area contributed by atoms with Crippen LogP contribution in [0.15, 0.2) is 43.0 Å². The van der Waals surface area contributed by atoms with Crippen LogP contribution in [0.5, 0.6) is 0 Å². The normalized spacial score (nSPS) is 25.9. The Morgan fingerprint density at radius 1 is 1.14 bits per heavy atom. The second-order valence-electron chi connectivity index (χ2n) is 7.01. The summed E-state index contributed by atoms with van der Waals surface area (Å²) in [5.41, 5.74) is 2.23. The zero-order valence-corrected chi connectivity index (χ0v) is 15.4. The number of fused-ring (bicyclic) bond motifs is 1. The fraction of sp³-hybridized carbons (Fsp3) is 0.421. The molecule has 9 nitrogen and oxygen atoms in total. The lowest BCUT2D eigenvalue weighted by atomic mass is 10.1. The highest BCUT2D eigenvalue weighted by Gasteiger charge is 2.44. The van der Waals surface area contributed by atoms with Crippen LogP contribution in [-0.4, -0.2) is 65.8 Å². The Bertz CT molecular complexity index is 934. The van der Waals surface area contributed by atoms with Crippen molar-refractivity contribution >= 4 is 17.0 Å². The first-order valence-corrected chi connectivity index (χ1v) is 9.19. The first kappa shape index (κ1) is 18.8. The number of rotatable bonds is 6. The van der Waals surface area contributed by atoms with Crippen molar-refractivity contribution in [3.05, 3.63) is 48.5 Å². The fourth-order valence-electron chi connectivity index (χ4n) is 3.51. The molecular weight excluding hydrogens is 362 g/mol. The molecule has 1 aliphatic heterocycles. The van der Waals surface area contributed by atoms with Crippen molar-refractivity contribution in [2.45, 2.75) is 43.9 Å². The highest BCUT2D eigenvalue weighted by molar-refractivity contribution is 5.82. The van der Waals surface area contributed by atoms with Crippen molar-refractivity contribution in [2.75, 3.05) is 11.9 Å². The number of benzene rings is 1. The van der Waals surface area contributed by atoms with Crippen LogP contribution >= 0.6 is 0 Å². The number of aromatic nitrogens is 4. The van der Waals surface area contributed by atoms with Gasteiger partial charge in [0, 0.05) is 6.04 Å². The molecule has 1 aromatic carbocycles. The lowest BCUT2D eigenvalue weighted by Gasteiger charge is -2.17. The minimum absolute atomic E-state index is 0.111. The minimum Gasteiger partial charge on any atom is -0.394 e. The maximum atomic E-state index is 10.3. The van der Waals surface area contributed by atoms with E-state index in [2.05, 4.69) is 39.3 Å². The Kier molecular flexibility index (Phi) is 5.23. The molecule has 5 atom stereocenters. The number of imidazole rings is 1. The zero-order chi connectivity index (χ0) is 19.7. The molecule has 1 aliphatic rings. The van der Waals surface area contributed by atoms with E-state index >= 15 is 0 Å². The number of aliphatic hydroxyl groups is 3. The van der Waals surface area contributed by atoms with E-state index in [0.29, 0.717) is 17.0 Å². The Balaban J connectivity index is 1.57. The number of aliphatic hydroxyl groups excluding tert-OH is 3. The summed E-state index contributed by atoms with van der Waals surface area (Å²) in [6, 6.07) is 10.3. The van der Waals surface area contributed by atoms with E-state index in [1.54, 1.807) is 4.57 Å². The highest BCUT2D eigenvalue weighted by Crippen LogP contribution is 2.32. The van der Waals surface area contributed by atoms with Crippen molar-refractivity contribution in [1.82, 2.24) is 19.5 Å². The van der Waals surface area contributed by atoms with Crippen LogP contribution in [0.25, 0.3) is 11.2 Å². The average molecular weight is 385 g/mol. The number of nitrogens with one attached hydrogen (secondary N) is 1. The molecule has 0 radical (unpaired) electrons. The lowest BCUT2D eigenvalue weighted by Crippen LogP contribution is -2.33. The summed E-state index contributed by atoms with van der Waals surface area (Å²) < 4.78 is 7.13. The van der Waals surface area contributed by atoms with Crippen LogP contribution in [-0.2, 0) is 11.2 Å². The molecule has 2 aromatic heterocycles. The van der Waals surface area contributed by atoms with Gasteiger partial charge in [0.05, 0.1) is 12.9 Å². The summed E-state index contributed by atoms with van der Waals surface area (Å²) in [6.45, 7) is 1.67. The summed E-state index contributed by atoms with van der Waals surface area (Å²) in [4.78, 5) is 12.9. The van der Waals surface area contributed by atoms with Gasteiger partial charge in [0.25, 0.3) is 0 Å². The van der Waals surface area contributed by atoms with Crippen molar-refractivity contribution < 1.29 is 20.1 Å². The van der Waals surface area contributed by atoms with Gasteiger partial charge in [0.2, 0.25) is 0 Å². The van der Waals surface area contributed by atoms with Gasteiger partial charge in [-0.3, -0.25) is 4.57 Å². The van der Waals surface area contributed by atoms with Gasteiger partial charge in [0.15, 0.2) is 23.2 Å². The SMILES string of the molecule is C[C@@H](Cc1ccccc1)Nc1ncnc2c1ncn2[C@H]1O[C@@H](CO)[C@@H](O)[C@H]1O. The van der Waals surface area contributed by atoms with E-state index in [0.717, 1.165) is 6.42 Å².